The molecule has 3 nitrogen and oxygen atoms in total. The van der Waals surface area contributed by atoms with Crippen LogP contribution in [-0.4, -0.2) is 9.13 Å². The van der Waals surface area contributed by atoms with E-state index in [0.29, 0.717) is 6.42 Å². The van der Waals surface area contributed by atoms with Gasteiger partial charge in [-0.15, -0.1) is 0 Å². The monoisotopic (exact) mass is 525 g/mol. The van der Waals surface area contributed by atoms with Crippen LogP contribution >= 0.6 is 0 Å². The molecular formula is C38H27N3. The average molecular weight is 526 g/mol. The average Bonchev–Trinajstić information content (AvgIpc) is 3.54. The summed E-state index contributed by atoms with van der Waals surface area (Å²) in [4.78, 5) is 0. The first-order chi connectivity index (χ1) is 20.2. The van der Waals surface area contributed by atoms with Crippen LogP contribution in [0, 0.1) is 17.2 Å². The van der Waals surface area contributed by atoms with Crippen LogP contribution in [0.25, 0.3) is 60.6 Å². The van der Waals surface area contributed by atoms with Crippen LogP contribution in [0.2, 0.25) is 0 Å². The summed E-state index contributed by atoms with van der Waals surface area (Å²) in [7, 11) is 0. The van der Waals surface area contributed by atoms with Crippen LogP contribution in [-0.2, 0) is 0 Å². The summed E-state index contributed by atoms with van der Waals surface area (Å²) in [5, 5.41) is 15.1. The van der Waals surface area contributed by atoms with Gasteiger partial charge in [-0.05, 0) is 42.8 Å². The second-order valence-electron chi connectivity index (χ2n) is 10.9. The zero-order chi connectivity index (χ0) is 27.5. The lowest BCUT2D eigenvalue weighted by Gasteiger charge is -2.28. The van der Waals surface area contributed by atoms with E-state index in [2.05, 4.69) is 150 Å². The van der Waals surface area contributed by atoms with Gasteiger partial charge in [-0.25, -0.2) is 0 Å². The van der Waals surface area contributed by atoms with Crippen LogP contribution in [0.15, 0.2) is 133 Å². The second kappa shape index (κ2) is 9.11. The van der Waals surface area contributed by atoms with Gasteiger partial charge in [-0.1, -0.05) is 97.9 Å². The van der Waals surface area contributed by atoms with Gasteiger partial charge in [0, 0.05) is 49.9 Å². The van der Waals surface area contributed by atoms with Gasteiger partial charge in [0.05, 0.1) is 33.8 Å². The van der Waals surface area contributed by atoms with E-state index in [1.54, 1.807) is 0 Å². The Balaban J connectivity index is 1.52. The molecule has 1 atom stereocenters. The van der Waals surface area contributed by atoms with Crippen molar-refractivity contribution in [2.24, 2.45) is 5.92 Å². The Bertz CT molecular complexity index is 2160. The van der Waals surface area contributed by atoms with Crippen LogP contribution in [0.5, 0.6) is 0 Å². The summed E-state index contributed by atoms with van der Waals surface area (Å²) in [5.41, 5.74) is 10.1. The molecule has 0 N–H and O–H groups in total. The normalized spacial score (nSPS) is 15.6. The van der Waals surface area contributed by atoms with E-state index in [0.717, 1.165) is 22.4 Å². The van der Waals surface area contributed by atoms with Gasteiger partial charge in [0.15, 0.2) is 0 Å². The fraction of sp³-hybridized carbons (Fsp3) is 0.0789. The number of fused-ring (bicyclic) bond motifs is 6. The topological polar surface area (TPSA) is 33.6 Å². The van der Waals surface area contributed by atoms with E-state index < -0.39 is 0 Å². The highest BCUT2D eigenvalue weighted by Crippen LogP contribution is 2.44. The third kappa shape index (κ3) is 3.44. The molecule has 8 rings (SSSR count). The van der Waals surface area contributed by atoms with Gasteiger partial charge < -0.3 is 9.13 Å². The highest BCUT2D eigenvalue weighted by molar-refractivity contribution is 6.13. The van der Waals surface area contributed by atoms with Crippen molar-refractivity contribution in [3.05, 3.63) is 139 Å². The number of hydrogen-bond donors (Lipinski definition) is 0. The van der Waals surface area contributed by atoms with Gasteiger partial charge in [0.2, 0.25) is 0 Å². The van der Waals surface area contributed by atoms with Crippen molar-refractivity contribution in [2.45, 2.75) is 13.3 Å². The Morgan fingerprint density at radius 2 is 1.02 bits per heavy atom. The fourth-order valence-electron chi connectivity index (χ4n) is 6.89. The zero-order valence-electron chi connectivity index (χ0n) is 22.8. The Labute approximate surface area is 238 Å². The minimum atomic E-state index is 0.148. The lowest BCUT2D eigenvalue weighted by atomic mass is 9.85. The molecule has 0 saturated heterocycles. The van der Waals surface area contributed by atoms with E-state index in [1.807, 2.05) is 0 Å². The van der Waals surface area contributed by atoms with Crippen LogP contribution in [0.4, 0.5) is 0 Å². The summed E-state index contributed by atoms with van der Waals surface area (Å²) < 4.78 is 4.83. The zero-order valence-corrected chi connectivity index (χ0v) is 22.8. The number of hydrogen-bond acceptors (Lipinski definition) is 1. The standard InChI is InChI=1S/C38H27N3/c1-25-22-26(24-39)23-32(38(25)41-36-20-10-4-14-29(36)30-15-5-11-21-37(30)41)31-16-6-9-19-35(31)40-33-17-7-2-12-27(33)28-13-3-8-18-34(28)40/h2-21,23,25H,22H2,1H3. The molecular weight excluding hydrogens is 498 g/mol. The Morgan fingerprint density at radius 1 is 0.585 bits per heavy atom. The fourth-order valence-corrected chi connectivity index (χ4v) is 6.89. The van der Waals surface area contributed by atoms with Crippen molar-refractivity contribution in [1.82, 2.24) is 9.13 Å². The highest BCUT2D eigenvalue weighted by Gasteiger charge is 2.27. The first-order valence-corrected chi connectivity index (χ1v) is 14.2. The molecule has 194 valence electrons. The van der Waals surface area contributed by atoms with E-state index >= 15 is 0 Å². The second-order valence-corrected chi connectivity index (χ2v) is 10.9. The van der Waals surface area contributed by atoms with Crippen molar-refractivity contribution >= 4 is 54.9 Å². The molecule has 2 aromatic heterocycles. The number of para-hydroxylation sites is 5. The predicted octanol–water partition coefficient (Wildman–Crippen LogP) is 9.75. The molecule has 1 aliphatic rings. The van der Waals surface area contributed by atoms with Crippen LogP contribution in [0.3, 0.4) is 0 Å². The van der Waals surface area contributed by atoms with Crippen LogP contribution < -0.4 is 0 Å². The highest BCUT2D eigenvalue weighted by atomic mass is 15.0. The summed E-state index contributed by atoms with van der Waals surface area (Å²) >= 11 is 0. The molecule has 5 aromatic carbocycles. The number of benzene rings is 5. The van der Waals surface area contributed by atoms with Crippen molar-refractivity contribution < 1.29 is 0 Å². The third-order valence-corrected chi connectivity index (χ3v) is 8.57. The van der Waals surface area contributed by atoms with Crippen molar-refractivity contribution in [3.63, 3.8) is 0 Å². The SMILES string of the molecule is CC1CC(C#N)=CC(c2ccccc2-n2c3ccccc3c3ccccc32)=C1n1c2ccccc2c2ccccc21. The van der Waals surface area contributed by atoms with Crippen molar-refractivity contribution in [3.8, 4) is 11.8 Å². The minimum absolute atomic E-state index is 0.148. The lowest BCUT2D eigenvalue weighted by Crippen LogP contribution is -2.14. The minimum Gasteiger partial charge on any atom is -0.312 e. The molecule has 0 amide bonds. The molecule has 0 saturated carbocycles. The lowest BCUT2D eigenvalue weighted by molar-refractivity contribution is 0.713. The van der Waals surface area contributed by atoms with E-state index in [9.17, 15) is 5.26 Å². The maximum absolute atomic E-state index is 10.1. The van der Waals surface area contributed by atoms with Gasteiger partial charge in [0.1, 0.15) is 0 Å². The first-order valence-electron chi connectivity index (χ1n) is 14.2. The van der Waals surface area contributed by atoms with Gasteiger partial charge in [-0.2, -0.15) is 5.26 Å². The quantitative estimate of drug-likeness (QED) is 0.226. The van der Waals surface area contributed by atoms with Gasteiger partial charge in [-0.3, -0.25) is 0 Å². The Hall–Kier alpha value is -5.33. The van der Waals surface area contributed by atoms with Gasteiger partial charge in [0.25, 0.3) is 0 Å². The summed E-state index contributed by atoms with van der Waals surface area (Å²) in [6.07, 6.45) is 2.85. The predicted molar refractivity (Wildman–Crippen MR) is 171 cm³/mol. The molecule has 0 aliphatic heterocycles. The van der Waals surface area contributed by atoms with Crippen molar-refractivity contribution in [1.29, 1.82) is 5.26 Å². The maximum atomic E-state index is 10.1. The maximum Gasteiger partial charge on any atom is 0.0947 e. The number of allylic oxidation sites excluding steroid dienone is 4. The molecule has 7 aromatic rings. The first kappa shape index (κ1) is 23.5. The molecule has 2 heterocycles. The van der Waals surface area contributed by atoms with E-state index in [-0.39, 0.29) is 5.92 Å². The summed E-state index contributed by atoms with van der Waals surface area (Å²) in [6, 6.07) is 45.7. The third-order valence-electron chi connectivity index (χ3n) is 8.57. The molecule has 1 unspecified atom stereocenters. The number of aromatic nitrogens is 2. The summed E-state index contributed by atoms with van der Waals surface area (Å²) in [6.45, 7) is 2.26. The van der Waals surface area contributed by atoms with Gasteiger partial charge >= 0.3 is 0 Å². The Morgan fingerprint density at radius 3 is 1.54 bits per heavy atom. The number of nitrogens with zero attached hydrogens (tertiary/aromatic N) is 3. The van der Waals surface area contributed by atoms with Crippen LogP contribution in [0.1, 0.15) is 18.9 Å². The van der Waals surface area contributed by atoms with E-state index in [4.69, 9.17) is 0 Å². The molecule has 3 heteroatoms. The van der Waals surface area contributed by atoms with Crippen molar-refractivity contribution in [2.75, 3.05) is 0 Å². The number of nitriles is 1. The molecule has 41 heavy (non-hydrogen) atoms. The molecule has 0 spiro atoms. The Kier molecular flexibility index (Phi) is 5.23. The summed E-state index contributed by atoms with van der Waals surface area (Å²) in [5.74, 6) is 0.148. The molecule has 0 radical (unpaired) electrons. The smallest absolute Gasteiger partial charge is 0.0947 e. The molecule has 0 fully saturated rings. The number of rotatable bonds is 3. The molecule has 1 aliphatic carbocycles. The largest absolute Gasteiger partial charge is 0.312 e. The molecule has 0 bridgehead atoms. The van der Waals surface area contributed by atoms with E-state index in [1.165, 1.54) is 49.3 Å².